The Labute approximate surface area is 139 Å². The highest BCUT2D eigenvalue weighted by atomic mass is 16.2. The van der Waals surface area contributed by atoms with Crippen LogP contribution in [0.2, 0.25) is 0 Å². The van der Waals surface area contributed by atoms with Crippen LogP contribution in [0.4, 0.5) is 16.2 Å². The average molecular weight is 328 g/mol. The number of hydrogen-bond donors (Lipinski definition) is 4. The fourth-order valence-electron chi connectivity index (χ4n) is 2.95. The van der Waals surface area contributed by atoms with E-state index in [1.807, 2.05) is 19.4 Å². The smallest absolute Gasteiger partial charge is 0.316 e. The minimum atomic E-state index is -0.622. The molecule has 0 bridgehead atoms. The van der Waals surface area contributed by atoms with Gasteiger partial charge in [0.25, 0.3) is 0 Å². The molecule has 8 nitrogen and oxygen atoms in total. The molecule has 0 aliphatic carbocycles. The van der Waals surface area contributed by atoms with Gasteiger partial charge in [-0.1, -0.05) is 0 Å². The monoisotopic (exact) mass is 328 g/mol. The third kappa shape index (κ3) is 3.54. The lowest BCUT2D eigenvalue weighted by Crippen LogP contribution is -2.28. The number of benzene rings is 1. The summed E-state index contributed by atoms with van der Waals surface area (Å²) in [5, 5.41) is 12.9. The highest BCUT2D eigenvalue weighted by molar-refractivity contribution is 5.94. The predicted molar refractivity (Wildman–Crippen MR) is 90.6 cm³/mol. The first-order chi connectivity index (χ1) is 11.5. The summed E-state index contributed by atoms with van der Waals surface area (Å²) in [5.74, 6) is -0.0865. The molecule has 3 amide bonds. The molecular weight excluding hydrogens is 308 g/mol. The number of aromatic nitrogens is 2. The van der Waals surface area contributed by atoms with Crippen molar-refractivity contribution in [3.8, 4) is 0 Å². The zero-order valence-corrected chi connectivity index (χ0v) is 13.3. The first-order valence-corrected chi connectivity index (χ1v) is 7.69. The second-order valence-electron chi connectivity index (χ2n) is 5.87. The fourth-order valence-corrected chi connectivity index (χ4v) is 2.95. The Morgan fingerprint density at radius 1 is 1.21 bits per heavy atom. The molecule has 0 saturated carbocycles. The number of amides is 3. The van der Waals surface area contributed by atoms with Crippen LogP contribution in [0.3, 0.4) is 0 Å². The Kier molecular flexibility index (Phi) is 4.48. The summed E-state index contributed by atoms with van der Waals surface area (Å²) in [4.78, 5) is 23.4. The molecule has 1 saturated heterocycles. The van der Waals surface area contributed by atoms with Gasteiger partial charge in [-0.25, -0.2) is 4.79 Å². The van der Waals surface area contributed by atoms with Gasteiger partial charge in [0.1, 0.15) is 0 Å². The van der Waals surface area contributed by atoms with Crippen LogP contribution in [-0.2, 0) is 11.8 Å². The van der Waals surface area contributed by atoms with Gasteiger partial charge in [0, 0.05) is 43.6 Å². The number of nitrogens with two attached hydrogens (primary N) is 1. The quantitative estimate of drug-likeness (QED) is 0.666. The third-order valence-electron chi connectivity index (χ3n) is 4.12. The largest absolute Gasteiger partial charge is 0.351 e. The fraction of sp³-hybridized carbons (Fsp3) is 0.312. The van der Waals surface area contributed by atoms with E-state index in [0.717, 1.165) is 12.1 Å². The van der Waals surface area contributed by atoms with Gasteiger partial charge in [0.15, 0.2) is 0 Å². The van der Waals surface area contributed by atoms with Gasteiger partial charge < -0.3 is 21.7 Å². The molecule has 2 aromatic rings. The summed E-state index contributed by atoms with van der Waals surface area (Å²) in [6, 6.07) is 6.20. The van der Waals surface area contributed by atoms with Gasteiger partial charge in [-0.2, -0.15) is 5.10 Å². The maximum Gasteiger partial charge on any atom is 0.316 e. The molecule has 1 fully saturated rings. The maximum atomic E-state index is 12.6. The number of rotatable bonds is 4. The Morgan fingerprint density at radius 2 is 1.88 bits per heavy atom. The van der Waals surface area contributed by atoms with Crippen molar-refractivity contribution in [1.82, 2.24) is 15.1 Å². The Morgan fingerprint density at radius 3 is 2.46 bits per heavy atom. The second kappa shape index (κ2) is 6.71. The van der Waals surface area contributed by atoms with E-state index in [0.29, 0.717) is 17.9 Å². The van der Waals surface area contributed by atoms with Gasteiger partial charge in [-0.15, -0.1) is 0 Å². The van der Waals surface area contributed by atoms with E-state index >= 15 is 0 Å². The lowest BCUT2D eigenvalue weighted by atomic mass is 9.90. The van der Waals surface area contributed by atoms with Gasteiger partial charge in [0.05, 0.1) is 12.1 Å². The summed E-state index contributed by atoms with van der Waals surface area (Å²) < 4.78 is 1.74. The number of anilines is 2. The molecule has 3 rings (SSSR count). The summed E-state index contributed by atoms with van der Waals surface area (Å²) in [6.45, 7) is 1.39. The van der Waals surface area contributed by atoms with E-state index in [1.165, 1.54) is 0 Å². The minimum Gasteiger partial charge on any atom is -0.351 e. The summed E-state index contributed by atoms with van der Waals surface area (Å²) in [7, 11) is 1.86. The molecular formula is C16H20N6O2. The van der Waals surface area contributed by atoms with Gasteiger partial charge in [-0.3, -0.25) is 9.48 Å². The zero-order chi connectivity index (χ0) is 17.1. The van der Waals surface area contributed by atoms with Crippen molar-refractivity contribution in [3.63, 3.8) is 0 Å². The van der Waals surface area contributed by atoms with Crippen LogP contribution in [0.1, 0.15) is 11.5 Å². The normalized spacial score (nSPS) is 19.9. The van der Waals surface area contributed by atoms with Crippen molar-refractivity contribution < 1.29 is 9.59 Å². The van der Waals surface area contributed by atoms with Crippen molar-refractivity contribution >= 4 is 23.3 Å². The van der Waals surface area contributed by atoms with Crippen LogP contribution in [0, 0.1) is 5.92 Å². The van der Waals surface area contributed by atoms with E-state index in [1.54, 1.807) is 28.9 Å². The standard InChI is InChI=1S/C16H20N6O2/c1-22-9-10(6-19-22)13-7-18-8-14(13)15(23)20-11-2-4-12(5-3-11)21-16(17)24/h2-6,9,13-14,18H,7-8H2,1H3,(H,20,23)(H3,17,21,24)/t13-,14+/m1/s1. The van der Waals surface area contributed by atoms with Crippen molar-refractivity contribution in [2.75, 3.05) is 23.7 Å². The van der Waals surface area contributed by atoms with E-state index in [9.17, 15) is 9.59 Å². The lowest BCUT2D eigenvalue weighted by Gasteiger charge is -2.17. The number of nitrogens with one attached hydrogen (secondary N) is 3. The molecule has 0 unspecified atom stereocenters. The number of carbonyl (C=O) groups excluding carboxylic acids is 2. The summed E-state index contributed by atoms with van der Waals surface area (Å²) >= 11 is 0. The molecule has 24 heavy (non-hydrogen) atoms. The lowest BCUT2D eigenvalue weighted by molar-refractivity contribution is -0.119. The second-order valence-corrected chi connectivity index (χ2v) is 5.87. The molecule has 1 aromatic heterocycles. The molecule has 1 aliphatic heterocycles. The highest BCUT2D eigenvalue weighted by Crippen LogP contribution is 2.29. The summed E-state index contributed by atoms with van der Waals surface area (Å²) in [6.07, 6.45) is 3.75. The Balaban J connectivity index is 1.66. The molecule has 0 radical (unpaired) electrons. The Hall–Kier alpha value is -2.87. The average Bonchev–Trinajstić information content (AvgIpc) is 3.17. The summed E-state index contributed by atoms with van der Waals surface area (Å²) in [5.41, 5.74) is 7.38. The molecule has 1 aliphatic rings. The van der Waals surface area contributed by atoms with Crippen molar-refractivity contribution in [3.05, 3.63) is 42.2 Å². The van der Waals surface area contributed by atoms with E-state index in [-0.39, 0.29) is 17.7 Å². The first-order valence-electron chi connectivity index (χ1n) is 7.69. The van der Waals surface area contributed by atoms with Gasteiger partial charge in [0.2, 0.25) is 5.91 Å². The zero-order valence-electron chi connectivity index (χ0n) is 13.3. The van der Waals surface area contributed by atoms with Crippen molar-refractivity contribution in [2.45, 2.75) is 5.92 Å². The molecule has 2 heterocycles. The topological polar surface area (TPSA) is 114 Å². The Bertz CT molecular complexity index is 739. The minimum absolute atomic E-state index is 0.0375. The number of nitrogens with zero attached hydrogens (tertiary/aromatic N) is 2. The van der Waals surface area contributed by atoms with Crippen LogP contribution < -0.4 is 21.7 Å². The molecule has 2 atom stereocenters. The maximum absolute atomic E-state index is 12.6. The van der Waals surface area contributed by atoms with Crippen molar-refractivity contribution in [2.24, 2.45) is 18.7 Å². The number of aryl methyl sites for hydroxylation is 1. The van der Waals surface area contributed by atoms with Gasteiger partial charge >= 0.3 is 6.03 Å². The molecule has 8 heteroatoms. The molecule has 0 spiro atoms. The molecule has 5 N–H and O–H groups in total. The van der Waals surface area contributed by atoms with E-state index in [4.69, 9.17) is 5.73 Å². The third-order valence-corrected chi connectivity index (χ3v) is 4.12. The molecule has 126 valence electrons. The van der Waals surface area contributed by atoms with Crippen molar-refractivity contribution in [1.29, 1.82) is 0 Å². The number of urea groups is 1. The van der Waals surface area contributed by atoms with Crippen LogP contribution in [0.25, 0.3) is 0 Å². The van der Waals surface area contributed by atoms with Crippen LogP contribution >= 0.6 is 0 Å². The number of carbonyl (C=O) groups is 2. The van der Waals surface area contributed by atoms with Crippen LogP contribution in [-0.4, -0.2) is 34.8 Å². The van der Waals surface area contributed by atoms with E-state index < -0.39 is 6.03 Å². The van der Waals surface area contributed by atoms with Crippen LogP contribution in [0.15, 0.2) is 36.7 Å². The van der Waals surface area contributed by atoms with Gasteiger partial charge in [-0.05, 0) is 29.8 Å². The number of primary amides is 1. The predicted octanol–water partition coefficient (Wildman–Crippen LogP) is 0.852. The number of hydrogen-bond acceptors (Lipinski definition) is 4. The SMILES string of the molecule is Cn1cc([C@H]2CNC[C@@H]2C(=O)Nc2ccc(NC(N)=O)cc2)cn1. The van der Waals surface area contributed by atoms with Crippen LogP contribution in [0.5, 0.6) is 0 Å². The molecule has 1 aromatic carbocycles. The van der Waals surface area contributed by atoms with E-state index in [2.05, 4.69) is 21.0 Å². The highest BCUT2D eigenvalue weighted by Gasteiger charge is 2.34. The first kappa shape index (κ1) is 16.0.